The number of halogens is 3. The molecule has 0 aliphatic heterocycles. The van der Waals surface area contributed by atoms with Gasteiger partial charge in [-0.25, -0.2) is 4.79 Å². The van der Waals surface area contributed by atoms with Gasteiger partial charge in [0, 0.05) is 11.5 Å². The maximum atomic E-state index is 12.5. The summed E-state index contributed by atoms with van der Waals surface area (Å²) in [7, 11) is 0. The normalized spacial score (nSPS) is 11.7. The summed E-state index contributed by atoms with van der Waals surface area (Å²) in [5, 5.41) is 8.71. The lowest BCUT2D eigenvalue weighted by Crippen LogP contribution is -2.11. The van der Waals surface area contributed by atoms with Gasteiger partial charge in [0.05, 0.1) is 11.1 Å². The summed E-state index contributed by atoms with van der Waals surface area (Å²) in [6.45, 7) is 0. The van der Waals surface area contributed by atoms with Crippen molar-refractivity contribution in [3.63, 3.8) is 0 Å². The van der Waals surface area contributed by atoms with Crippen molar-refractivity contribution in [2.45, 2.75) is 6.18 Å². The molecular formula is C11H6F3NO3. The number of rotatable bonds is 1. The Morgan fingerprint density at radius 2 is 1.89 bits per heavy atom. The van der Waals surface area contributed by atoms with Crippen LogP contribution in [0.15, 0.2) is 29.1 Å². The number of hydrogen-bond acceptors (Lipinski definition) is 2. The number of hydrogen-bond donors (Lipinski definition) is 2. The molecule has 0 aliphatic carbocycles. The van der Waals surface area contributed by atoms with Gasteiger partial charge in [-0.2, -0.15) is 13.2 Å². The van der Waals surface area contributed by atoms with E-state index in [0.717, 1.165) is 18.2 Å². The monoisotopic (exact) mass is 257 g/mol. The molecule has 1 aromatic carbocycles. The van der Waals surface area contributed by atoms with E-state index in [2.05, 4.69) is 4.98 Å². The number of benzene rings is 1. The zero-order chi connectivity index (χ0) is 13.5. The number of carbonyl (C=O) groups is 1. The first-order valence-electron chi connectivity index (χ1n) is 4.76. The summed E-state index contributed by atoms with van der Waals surface area (Å²) in [6, 6.07) is 3.34. The van der Waals surface area contributed by atoms with Gasteiger partial charge in [0.15, 0.2) is 5.43 Å². The quantitative estimate of drug-likeness (QED) is 0.823. The smallest absolute Gasteiger partial charge is 0.416 e. The van der Waals surface area contributed by atoms with E-state index in [-0.39, 0.29) is 10.9 Å². The van der Waals surface area contributed by atoms with Crippen LogP contribution < -0.4 is 5.43 Å². The van der Waals surface area contributed by atoms with Crippen LogP contribution in [-0.4, -0.2) is 16.1 Å². The summed E-state index contributed by atoms with van der Waals surface area (Å²) in [6.07, 6.45) is -4.55. The lowest BCUT2D eigenvalue weighted by molar-refractivity contribution is -0.137. The highest BCUT2D eigenvalue weighted by Gasteiger charge is 2.30. The molecule has 1 aromatic heterocycles. The van der Waals surface area contributed by atoms with E-state index in [9.17, 15) is 22.8 Å². The number of aromatic nitrogens is 1. The van der Waals surface area contributed by atoms with Gasteiger partial charge >= 0.3 is 12.1 Å². The SMILES string of the molecule is O=C(O)c1cc(=O)c2ccc(C(F)(F)F)cc2[nH]1. The molecule has 0 fully saturated rings. The minimum absolute atomic E-state index is 0.00741. The molecule has 0 unspecified atom stereocenters. The fourth-order valence-corrected chi connectivity index (χ4v) is 1.54. The van der Waals surface area contributed by atoms with Crippen molar-refractivity contribution in [1.29, 1.82) is 0 Å². The van der Waals surface area contributed by atoms with Crippen molar-refractivity contribution >= 4 is 16.9 Å². The predicted molar refractivity (Wildman–Crippen MR) is 56.5 cm³/mol. The van der Waals surface area contributed by atoms with Crippen LogP contribution >= 0.6 is 0 Å². The summed E-state index contributed by atoms with van der Waals surface area (Å²) in [5.74, 6) is -1.41. The first kappa shape index (κ1) is 12.2. The zero-order valence-corrected chi connectivity index (χ0v) is 8.71. The fraction of sp³-hybridized carbons (Fsp3) is 0.0909. The minimum Gasteiger partial charge on any atom is -0.477 e. The third-order valence-corrected chi connectivity index (χ3v) is 2.39. The molecule has 18 heavy (non-hydrogen) atoms. The van der Waals surface area contributed by atoms with E-state index in [1.54, 1.807) is 0 Å². The Bertz CT molecular complexity index is 688. The first-order valence-corrected chi connectivity index (χ1v) is 4.76. The van der Waals surface area contributed by atoms with Crippen molar-refractivity contribution in [3.8, 4) is 0 Å². The topological polar surface area (TPSA) is 70.2 Å². The Morgan fingerprint density at radius 3 is 2.44 bits per heavy atom. The van der Waals surface area contributed by atoms with Crippen molar-refractivity contribution in [3.05, 3.63) is 45.7 Å². The highest BCUT2D eigenvalue weighted by Crippen LogP contribution is 2.30. The standard InChI is InChI=1S/C11H6F3NO3/c12-11(13,14)5-1-2-6-7(3-5)15-8(10(17)18)4-9(6)16/h1-4H,(H,15,16)(H,17,18). The molecule has 2 rings (SSSR count). The molecule has 1 heterocycles. The lowest BCUT2D eigenvalue weighted by atomic mass is 10.1. The second kappa shape index (κ2) is 3.86. The van der Waals surface area contributed by atoms with Gasteiger partial charge in [0.25, 0.3) is 0 Å². The Morgan fingerprint density at radius 1 is 1.22 bits per heavy atom. The average molecular weight is 257 g/mol. The Labute approximate surface area is 97.7 Å². The Kier molecular flexibility index (Phi) is 2.61. The van der Waals surface area contributed by atoms with Crippen LogP contribution in [0.25, 0.3) is 10.9 Å². The number of pyridine rings is 1. The molecule has 0 bridgehead atoms. The third-order valence-electron chi connectivity index (χ3n) is 2.39. The van der Waals surface area contributed by atoms with Crippen molar-refractivity contribution < 1.29 is 23.1 Å². The highest BCUT2D eigenvalue weighted by atomic mass is 19.4. The molecule has 0 saturated heterocycles. The largest absolute Gasteiger partial charge is 0.477 e. The first-order chi connectivity index (χ1) is 8.29. The van der Waals surface area contributed by atoms with E-state index in [0.29, 0.717) is 6.07 Å². The lowest BCUT2D eigenvalue weighted by Gasteiger charge is -2.07. The maximum Gasteiger partial charge on any atom is 0.416 e. The molecule has 2 N–H and O–H groups in total. The molecule has 0 saturated carbocycles. The number of alkyl halides is 3. The minimum atomic E-state index is -4.55. The molecule has 0 aliphatic rings. The number of aromatic carboxylic acids is 1. The molecule has 4 nitrogen and oxygen atoms in total. The number of H-pyrrole nitrogens is 1. The molecule has 0 amide bonds. The van der Waals surface area contributed by atoms with Gasteiger partial charge in [-0.3, -0.25) is 4.79 Å². The number of carboxylic acid groups (broad SMARTS) is 1. The Hall–Kier alpha value is -2.31. The van der Waals surface area contributed by atoms with Gasteiger partial charge < -0.3 is 10.1 Å². The predicted octanol–water partition coefficient (Wildman–Crippen LogP) is 2.25. The van der Waals surface area contributed by atoms with Crippen molar-refractivity contribution in [2.24, 2.45) is 0 Å². The Balaban J connectivity index is 2.76. The van der Waals surface area contributed by atoms with Crippen LogP contribution in [0.3, 0.4) is 0 Å². The molecule has 7 heteroatoms. The van der Waals surface area contributed by atoms with E-state index < -0.39 is 28.8 Å². The van der Waals surface area contributed by atoms with Crippen LogP contribution in [0.2, 0.25) is 0 Å². The molecule has 0 spiro atoms. The maximum absolute atomic E-state index is 12.5. The van der Waals surface area contributed by atoms with Crippen molar-refractivity contribution in [1.82, 2.24) is 4.98 Å². The third kappa shape index (κ3) is 2.06. The number of fused-ring (bicyclic) bond motifs is 1. The second-order valence-corrected chi connectivity index (χ2v) is 3.61. The van der Waals surface area contributed by atoms with E-state index >= 15 is 0 Å². The number of carboxylic acids is 1. The molecule has 0 radical (unpaired) electrons. The van der Waals surface area contributed by atoms with Gasteiger partial charge in [0.1, 0.15) is 5.69 Å². The van der Waals surface area contributed by atoms with Gasteiger partial charge in [0.2, 0.25) is 0 Å². The molecule has 0 atom stereocenters. The summed E-state index contributed by atoms with van der Waals surface area (Å²) in [4.78, 5) is 24.5. The van der Waals surface area contributed by atoms with Crippen LogP contribution in [0.5, 0.6) is 0 Å². The molecular weight excluding hydrogens is 251 g/mol. The van der Waals surface area contributed by atoms with Gasteiger partial charge in [-0.1, -0.05) is 0 Å². The van der Waals surface area contributed by atoms with Crippen LogP contribution in [0, 0.1) is 0 Å². The summed E-state index contributed by atoms with van der Waals surface area (Å²) in [5.41, 5.74) is -2.20. The number of aromatic amines is 1. The van der Waals surface area contributed by atoms with Gasteiger partial charge in [-0.15, -0.1) is 0 Å². The molecule has 94 valence electrons. The van der Waals surface area contributed by atoms with E-state index in [1.807, 2.05) is 0 Å². The van der Waals surface area contributed by atoms with Crippen LogP contribution in [0.4, 0.5) is 13.2 Å². The zero-order valence-electron chi connectivity index (χ0n) is 8.71. The molecule has 2 aromatic rings. The summed E-state index contributed by atoms with van der Waals surface area (Å²) < 4.78 is 37.4. The van der Waals surface area contributed by atoms with Gasteiger partial charge in [-0.05, 0) is 18.2 Å². The van der Waals surface area contributed by atoms with Crippen LogP contribution in [-0.2, 0) is 6.18 Å². The van der Waals surface area contributed by atoms with Crippen molar-refractivity contribution in [2.75, 3.05) is 0 Å². The average Bonchev–Trinajstić information content (AvgIpc) is 2.26. The van der Waals surface area contributed by atoms with E-state index in [4.69, 9.17) is 5.11 Å². The van der Waals surface area contributed by atoms with E-state index in [1.165, 1.54) is 0 Å². The van der Waals surface area contributed by atoms with Crippen LogP contribution in [0.1, 0.15) is 16.1 Å². The number of nitrogens with one attached hydrogen (secondary N) is 1. The summed E-state index contributed by atoms with van der Waals surface area (Å²) >= 11 is 0. The fourth-order valence-electron chi connectivity index (χ4n) is 1.54. The highest BCUT2D eigenvalue weighted by molar-refractivity contribution is 5.89. The second-order valence-electron chi connectivity index (χ2n) is 3.61.